The molecule has 0 spiro atoms. The van der Waals surface area contributed by atoms with Gasteiger partial charge in [-0.05, 0) is 74.6 Å². The highest BCUT2D eigenvalue weighted by molar-refractivity contribution is 5.98. The Labute approximate surface area is 370 Å². The highest BCUT2D eigenvalue weighted by Gasteiger charge is 2.48. The maximum Gasteiger partial charge on any atom is 0.167 e. The molecule has 0 heterocycles. The van der Waals surface area contributed by atoms with E-state index in [0.717, 1.165) is 34.5 Å². The number of benzene rings is 8. The molecule has 8 aromatic rings. The number of rotatable bonds is 11. The first-order chi connectivity index (χ1) is 31.1. The molecular weight excluding hydrogens is 765 g/mol. The van der Waals surface area contributed by atoms with Gasteiger partial charge in [0.25, 0.3) is 0 Å². The van der Waals surface area contributed by atoms with Gasteiger partial charge in [-0.15, -0.1) is 0 Å². The predicted molar refractivity (Wildman–Crippen MR) is 264 cm³/mol. The van der Waals surface area contributed by atoms with E-state index in [1.807, 2.05) is 66.9 Å². The highest BCUT2D eigenvalue weighted by atomic mass is 15.0. The molecule has 10 rings (SSSR count). The monoisotopic (exact) mass is 812 g/mol. The molecule has 3 N–H and O–H groups in total. The Morgan fingerprint density at radius 2 is 1.22 bits per heavy atom. The molecule has 0 saturated heterocycles. The lowest BCUT2D eigenvalue weighted by Gasteiger charge is -2.36. The number of hydrogen-bond donors (Lipinski definition) is 2. The van der Waals surface area contributed by atoms with Gasteiger partial charge in [0.05, 0.1) is 11.1 Å². The third-order valence-corrected chi connectivity index (χ3v) is 12.5. The minimum atomic E-state index is -0.618. The van der Waals surface area contributed by atoms with E-state index in [4.69, 9.17) is 15.7 Å². The third kappa shape index (κ3) is 7.51. The molecule has 0 saturated carbocycles. The maximum absolute atomic E-state index is 6.72. The number of aliphatic imine (C=N–C) groups is 2. The first-order valence-electron chi connectivity index (χ1n) is 21.8. The van der Waals surface area contributed by atoms with Gasteiger partial charge in [-0.3, -0.25) is 4.99 Å². The summed E-state index contributed by atoms with van der Waals surface area (Å²) in [5.74, 6) is 0.750. The smallest absolute Gasteiger partial charge is 0.167 e. The molecule has 2 atom stereocenters. The quantitative estimate of drug-likeness (QED) is 0.101. The van der Waals surface area contributed by atoms with Gasteiger partial charge >= 0.3 is 0 Å². The molecule has 0 aliphatic heterocycles. The first kappa shape index (κ1) is 39.3. The lowest BCUT2D eigenvalue weighted by atomic mass is 9.66. The molecule has 4 heteroatoms. The predicted octanol–water partition coefficient (Wildman–Crippen LogP) is 13.8. The average molecular weight is 813 g/mol. The molecule has 304 valence electrons. The van der Waals surface area contributed by atoms with Crippen molar-refractivity contribution < 1.29 is 0 Å². The van der Waals surface area contributed by atoms with Crippen LogP contribution in [0.4, 0.5) is 11.4 Å². The molecule has 2 aliphatic rings. The summed E-state index contributed by atoms with van der Waals surface area (Å²) >= 11 is 0. The van der Waals surface area contributed by atoms with Crippen molar-refractivity contribution in [2.24, 2.45) is 21.6 Å². The number of amidine groups is 1. The Kier molecular flexibility index (Phi) is 10.8. The van der Waals surface area contributed by atoms with Gasteiger partial charge in [-0.1, -0.05) is 219 Å². The van der Waals surface area contributed by atoms with Crippen LogP contribution in [-0.4, -0.2) is 12.1 Å². The van der Waals surface area contributed by atoms with Crippen molar-refractivity contribution in [1.29, 1.82) is 0 Å². The molecule has 0 aromatic heterocycles. The Bertz CT molecular complexity index is 2970. The Balaban J connectivity index is 1.19. The van der Waals surface area contributed by atoms with E-state index in [0.29, 0.717) is 11.8 Å². The van der Waals surface area contributed by atoms with Crippen molar-refractivity contribution >= 4 is 34.6 Å². The summed E-state index contributed by atoms with van der Waals surface area (Å²) in [4.78, 5) is 10.1. The van der Waals surface area contributed by atoms with Crippen molar-refractivity contribution in [2.45, 2.75) is 24.9 Å². The van der Waals surface area contributed by atoms with Crippen molar-refractivity contribution in [3.05, 3.63) is 275 Å². The summed E-state index contributed by atoms with van der Waals surface area (Å²) in [6, 6.07) is 75.0. The van der Waals surface area contributed by atoms with Gasteiger partial charge < -0.3 is 11.1 Å². The van der Waals surface area contributed by atoms with Crippen molar-refractivity contribution in [3.8, 4) is 11.1 Å². The molecule has 63 heavy (non-hydrogen) atoms. The highest BCUT2D eigenvalue weighted by Crippen LogP contribution is 2.60. The topological polar surface area (TPSA) is 62.8 Å². The number of allylic oxidation sites excluding steroid dienone is 4. The summed E-state index contributed by atoms with van der Waals surface area (Å²) < 4.78 is 0. The van der Waals surface area contributed by atoms with Gasteiger partial charge in [-0.25, -0.2) is 4.99 Å². The fourth-order valence-corrected chi connectivity index (χ4v) is 9.64. The number of fused-ring (bicyclic) bond motifs is 3. The first-order valence-corrected chi connectivity index (χ1v) is 21.8. The van der Waals surface area contributed by atoms with E-state index in [-0.39, 0.29) is 0 Å². The molecule has 2 unspecified atom stereocenters. The zero-order valence-corrected chi connectivity index (χ0v) is 35.3. The number of hydrogen-bond acceptors (Lipinski definition) is 3. The summed E-state index contributed by atoms with van der Waals surface area (Å²) in [5, 5.41) is 4.12. The Hall–Kier alpha value is -7.82. The number of anilines is 2. The number of nitrogens with one attached hydrogen (secondary N) is 1. The second kappa shape index (κ2) is 17.3. The maximum atomic E-state index is 6.72. The lowest BCUT2D eigenvalue weighted by molar-refractivity contribution is 0.764. The Morgan fingerprint density at radius 3 is 1.90 bits per heavy atom. The van der Waals surface area contributed by atoms with Crippen LogP contribution < -0.4 is 11.1 Å². The van der Waals surface area contributed by atoms with Crippen LogP contribution >= 0.6 is 0 Å². The molecule has 4 nitrogen and oxygen atoms in total. The van der Waals surface area contributed by atoms with Crippen LogP contribution in [-0.2, 0) is 5.41 Å². The van der Waals surface area contributed by atoms with Gasteiger partial charge in [0.2, 0.25) is 0 Å². The zero-order valence-electron chi connectivity index (χ0n) is 35.3. The minimum absolute atomic E-state index is 0.318. The molecule has 0 bridgehead atoms. The van der Waals surface area contributed by atoms with Crippen LogP contribution in [0.2, 0.25) is 0 Å². The molecule has 8 aromatic carbocycles. The normalized spacial score (nSPS) is 15.8. The lowest BCUT2D eigenvalue weighted by Crippen LogP contribution is -2.29. The number of nitrogens with zero attached hydrogens (tertiary/aromatic N) is 2. The minimum Gasteiger partial charge on any atom is -0.383 e. The largest absolute Gasteiger partial charge is 0.383 e. The van der Waals surface area contributed by atoms with Crippen LogP contribution in [0.25, 0.3) is 22.3 Å². The van der Waals surface area contributed by atoms with Crippen LogP contribution in [0.3, 0.4) is 0 Å². The third-order valence-electron chi connectivity index (χ3n) is 12.5. The zero-order chi connectivity index (χ0) is 42.6. The Morgan fingerprint density at radius 1 is 0.619 bits per heavy atom. The molecule has 0 fully saturated rings. The van der Waals surface area contributed by atoms with Gasteiger partial charge in [0, 0.05) is 34.2 Å². The molecular formula is C59H48N4. The summed E-state index contributed by atoms with van der Waals surface area (Å²) in [5.41, 5.74) is 23.4. The second-order valence-corrected chi connectivity index (χ2v) is 16.4. The van der Waals surface area contributed by atoms with E-state index < -0.39 is 11.6 Å². The number of nitrogens with two attached hydrogens (primary N) is 1. The van der Waals surface area contributed by atoms with Crippen molar-refractivity contribution in [2.75, 3.05) is 5.32 Å². The van der Waals surface area contributed by atoms with E-state index in [2.05, 4.69) is 176 Å². The fraction of sp³-hybridized carbons (Fsp3) is 0.0847. The summed E-state index contributed by atoms with van der Waals surface area (Å²) in [7, 11) is 0. The molecule has 2 aliphatic carbocycles. The van der Waals surface area contributed by atoms with E-state index >= 15 is 0 Å². The molecule has 0 radical (unpaired) electrons. The standard InChI is InChI=1S/C59H48N4/c1-41-38-45(34-35-50(41)43-22-9-3-10-23-43)51-36-37-53-52-32-17-18-33-54(52)59(47-27-13-5-14-28-47,48-29-15-6-16-30-48)55(53)56(51)62-49-31-19-26-46(39-49)58(61-40-42-20-7-2-8-21-42)63-57(60)44-24-11-4-12-25-44/h2-37,39-41,58,62H,38H2,1H3,(H2,60,63). The fourth-order valence-electron chi connectivity index (χ4n) is 9.64. The van der Waals surface area contributed by atoms with Crippen LogP contribution in [0.15, 0.2) is 234 Å². The van der Waals surface area contributed by atoms with Crippen LogP contribution in [0.5, 0.6) is 0 Å². The van der Waals surface area contributed by atoms with Crippen molar-refractivity contribution in [1.82, 2.24) is 0 Å². The van der Waals surface area contributed by atoms with Crippen LogP contribution in [0, 0.1) is 5.92 Å². The van der Waals surface area contributed by atoms with Gasteiger partial charge in [0.15, 0.2) is 6.17 Å². The SMILES string of the molecule is CC1CC(c2ccc3c(c2Nc2cccc(C(N=Cc4ccccc4)N=C(N)c4ccccc4)c2)C(c2ccccc2)(c2ccccc2)c2ccccc2-3)=CC=C1c1ccccc1. The van der Waals surface area contributed by atoms with Crippen molar-refractivity contribution in [3.63, 3.8) is 0 Å². The van der Waals surface area contributed by atoms with Gasteiger partial charge in [0.1, 0.15) is 5.84 Å². The summed E-state index contributed by atoms with van der Waals surface area (Å²) in [6.45, 7) is 2.35. The van der Waals surface area contributed by atoms with E-state index in [1.54, 1.807) is 0 Å². The van der Waals surface area contributed by atoms with E-state index in [1.165, 1.54) is 55.7 Å². The van der Waals surface area contributed by atoms with Gasteiger partial charge in [-0.2, -0.15) is 0 Å². The summed E-state index contributed by atoms with van der Waals surface area (Å²) in [6.07, 6.45) is 6.86. The molecule has 0 amide bonds. The second-order valence-electron chi connectivity index (χ2n) is 16.4. The van der Waals surface area contributed by atoms with Crippen LogP contribution in [0.1, 0.15) is 69.6 Å². The van der Waals surface area contributed by atoms with E-state index in [9.17, 15) is 0 Å². The average Bonchev–Trinajstić information content (AvgIpc) is 3.66.